The Balaban J connectivity index is 2.24. The first-order chi connectivity index (χ1) is 10.5. The first kappa shape index (κ1) is 16.0. The van der Waals surface area contributed by atoms with Gasteiger partial charge >= 0.3 is 5.97 Å². The molecule has 2 rings (SSSR count). The molecule has 0 amide bonds. The molecule has 116 valence electrons. The number of hydrogen-bond donors (Lipinski definition) is 0. The standard InChI is InChI=1S/C18H20O4/c1-4-21-16(19)11-10-15-13(3)22-18(12(2)17(15)20)14-8-6-5-7-9-14/h5-12,18H,4H2,1-3H3/b11-10+/t12-,18+/m1/s1. The van der Waals surface area contributed by atoms with Gasteiger partial charge in [-0.1, -0.05) is 37.3 Å². The van der Waals surface area contributed by atoms with Gasteiger partial charge < -0.3 is 9.47 Å². The molecule has 0 saturated heterocycles. The number of ketones is 1. The van der Waals surface area contributed by atoms with E-state index in [1.807, 2.05) is 37.3 Å². The third-order valence-electron chi connectivity index (χ3n) is 3.62. The molecule has 1 aromatic carbocycles. The van der Waals surface area contributed by atoms with Crippen LogP contribution >= 0.6 is 0 Å². The Morgan fingerprint density at radius 1 is 1.32 bits per heavy atom. The van der Waals surface area contributed by atoms with Crippen molar-refractivity contribution >= 4 is 11.8 Å². The summed E-state index contributed by atoms with van der Waals surface area (Å²) < 4.78 is 10.7. The van der Waals surface area contributed by atoms with E-state index < -0.39 is 5.97 Å². The van der Waals surface area contributed by atoms with Crippen molar-refractivity contribution in [3.8, 4) is 0 Å². The van der Waals surface area contributed by atoms with E-state index in [9.17, 15) is 9.59 Å². The van der Waals surface area contributed by atoms with Crippen molar-refractivity contribution in [3.63, 3.8) is 0 Å². The second-order valence-electron chi connectivity index (χ2n) is 5.16. The van der Waals surface area contributed by atoms with Gasteiger partial charge in [0.25, 0.3) is 0 Å². The van der Waals surface area contributed by atoms with Crippen molar-refractivity contribution in [2.75, 3.05) is 6.61 Å². The van der Waals surface area contributed by atoms with Gasteiger partial charge in [0, 0.05) is 6.08 Å². The van der Waals surface area contributed by atoms with Crippen molar-refractivity contribution in [2.45, 2.75) is 26.9 Å². The fourth-order valence-electron chi connectivity index (χ4n) is 2.45. The van der Waals surface area contributed by atoms with Gasteiger partial charge in [0.05, 0.1) is 18.1 Å². The third kappa shape index (κ3) is 3.45. The Morgan fingerprint density at radius 3 is 2.64 bits per heavy atom. The number of benzene rings is 1. The number of carbonyl (C=O) groups excluding carboxylic acids is 2. The molecule has 1 aliphatic rings. The van der Waals surface area contributed by atoms with Gasteiger partial charge in [-0.2, -0.15) is 0 Å². The summed E-state index contributed by atoms with van der Waals surface area (Å²) in [5.41, 5.74) is 1.39. The Morgan fingerprint density at radius 2 is 2.00 bits per heavy atom. The minimum atomic E-state index is -0.464. The van der Waals surface area contributed by atoms with Crippen molar-refractivity contribution in [2.24, 2.45) is 5.92 Å². The summed E-state index contributed by atoms with van der Waals surface area (Å²) in [6, 6.07) is 9.66. The predicted molar refractivity (Wildman–Crippen MR) is 82.9 cm³/mol. The molecule has 0 aliphatic carbocycles. The number of allylic oxidation sites excluding steroid dienone is 3. The van der Waals surface area contributed by atoms with E-state index in [2.05, 4.69) is 0 Å². The Kier molecular flexibility index (Phi) is 5.15. The van der Waals surface area contributed by atoms with Crippen molar-refractivity contribution in [3.05, 3.63) is 59.4 Å². The zero-order chi connectivity index (χ0) is 16.1. The monoisotopic (exact) mass is 300 g/mol. The number of carbonyl (C=O) groups is 2. The van der Waals surface area contributed by atoms with Crippen LogP contribution in [0.2, 0.25) is 0 Å². The van der Waals surface area contributed by atoms with Crippen LogP contribution in [0, 0.1) is 5.92 Å². The smallest absolute Gasteiger partial charge is 0.330 e. The quantitative estimate of drug-likeness (QED) is 0.632. The summed E-state index contributed by atoms with van der Waals surface area (Å²) >= 11 is 0. The first-order valence-electron chi connectivity index (χ1n) is 7.36. The van der Waals surface area contributed by atoms with Crippen molar-refractivity contribution in [1.29, 1.82) is 0 Å². The fourth-order valence-corrected chi connectivity index (χ4v) is 2.45. The fraction of sp³-hybridized carbons (Fsp3) is 0.333. The van der Waals surface area contributed by atoms with Gasteiger partial charge in [0.2, 0.25) is 0 Å². The second kappa shape index (κ2) is 7.07. The lowest BCUT2D eigenvalue weighted by Gasteiger charge is -2.30. The Bertz CT molecular complexity index is 613. The molecule has 1 heterocycles. The van der Waals surface area contributed by atoms with E-state index in [0.29, 0.717) is 17.9 Å². The van der Waals surface area contributed by atoms with E-state index >= 15 is 0 Å². The molecule has 0 unspecified atom stereocenters. The van der Waals surface area contributed by atoms with Crippen LogP contribution in [0.4, 0.5) is 0 Å². The third-order valence-corrected chi connectivity index (χ3v) is 3.62. The van der Waals surface area contributed by atoms with Crippen LogP contribution in [0.5, 0.6) is 0 Å². The molecule has 0 saturated carbocycles. The highest BCUT2D eigenvalue weighted by Crippen LogP contribution is 2.36. The normalized spacial score (nSPS) is 21.9. The van der Waals surface area contributed by atoms with Crippen LogP contribution in [-0.4, -0.2) is 18.4 Å². The minimum absolute atomic E-state index is 0.0295. The van der Waals surface area contributed by atoms with Crippen LogP contribution < -0.4 is 0 Å². The average Bonchev–Trinajstić information content (AvgIpc) is 2.52. The maximum atomic E-state index is 12.5. The summed E-state index contributed by atoms with van der Waals surface area (Å²) in [5, 5.41) is 0. The molecular formula is C18H20O4. The lowest BCUT2D eigenvalue weighted by Crippen LogP contribution is -2.28. The molecule has 22 heavy (non-hydrogen) atoms. The summed E-state index contributed by atoms with van der Waals surface area (Å²) in [6.07, 6.45) is 2.44. The lowest BCUT2D eigenvalue weighted by atomic mass is 9.87. The van der Waals surface area contributed by atoms with E-state index in [1.165, 1.54) is 12.2 Å². The predicted octanol–water partition coefficient (Wildman–Crippen LogP) is 3.36. The number of hydrogen-bond acceptors (Lipinski definition) is 4. The topological polar surface area (TPSA) is 52.6 Å². The zero-order valence-corrected chi connectivity index (χ0v) is 13.0. The SMILES string of the molecule is CCOC(=O)/C=C/C1=C(C)O[C@H](c2ccccc2)[C@H](C)C1=O. The number of rotatable bonds is 4. The van der Waals surface area contributed by atoms with Gasteiger partial charge in [-0.25, -0.2) is 4.79 Å². The second-order valence-corrected chi connectivity index (χ2v) is 5.16. The van der Waals surface area contributed by atoms with Crippen LogP contribution in [0.3, 0.4) is 0 Å². The highest BCUT2D eigenvalue weighted by molar-refractivity contribution is 6.02. The Hall–Kier alpha value is -2.36. The summed E-state index contributed by atoms with van der Waals surface area (Å²) in [5.74, 6) is -0.281. The number of esters is 1. The van der Waals surface area contributed by atoms with E-state index in [4.69, 9.17) is 9.47 Å². The van der Waals surface area contributed by atoms with Crippen molar-refractivity contribution < 1.29 is 19.1 Å². The largest absolute Gasteiger partial charge is 0.489 e. The molecule has 0 N–H and O–H groups in total. The molecule has 1 aliphatic heterocycles. The molecule has 0 aromatic heterocycles. The van der Waals surface area contributed by atoms with Gasteiger partial charge in [-0.15, -0.1) is 0 Å². The molecule has 0 radical (unpaired) electrons. The number of Topliss-reactive ketones (excluding diaryl/α,β-unsaturated/α-hetero) is 1. The molecule has 0 fully saturated rings. The summed E-state index contributed by atoms with van der Waals surface area (Å²) in [4.78, 5) is 23.9. The summed E-state index contributed by atoms with van der Waals surface area (Å²) in [6.45, 7) is 5.62. The Labute approximate surface area is 130 Å². The van der Waals surface area contributed by atoms with Gasteiger partial charge in [0.1, 0.15) is 11.9 Å². The van der Waals surface area contributed by atoms with Crippen LogP contribution in [-0.2, 0) is 19.1 Å². The maximum Gasteiger partial charge on any atom is 0.330 e. The molecule has 4 heteroatoms. The highest BCUT2D eigenvalue weighted by Gasteiger charge is 2.34. The van der Waals surface area contributed by atoms with Crippen LogP contribution in [0.25, 0.3) is 0 Å². The average molecular weight is 300 g/mol. The molecule has 4 nitrogen and oxygen atoms in total. The lowest BCUT2D eigenvalue weighted by molar-refractivity contribution is -0.137. The molecular weight excluding hydrogens is 280 g/mol. The van der Waals surface area contributed by atoms with E-state index in [-0.39, 0.29) is 17.8 Å². The number of ether oxygens (including phenoxy) is 2. The van der Waals surface area contributed by atoms with E-state index in [1.54, 1.807) is 13.8 Å². The van der Waals surface area contributed by atoms with Crippen LogP contribution in [0.15, 0.2) is 53.8 Å². The molecule has 1 aromatic rings. The van der Waals surface area contributed by atoms with Crippen molar-refractivity contribution in [1.82, 2.24) is 0 Å². The molecule has 0 bridgehead atoms. The van der Waals surface area contributed by atoms with Crippen LogP contribution in [0.1, 0.15) is 32.4 Å². The van der Waals surface area contributed by atoms with E-state index in [0.717, 1.165) is 5.56 Å². The summed E-state index contributed by atoms with van der Waals surface area (Å²) in [7, 11) is 0. The molecule has 2 atom stereocenters. The molecule has 0 spiro atoms. The first-order valence-corrected chi connectivity index (χ1v) is 7.36. The maximum absolute atomic E-state index is 12.5. The van der Waals surface area contributed by atoms with Gasteiger partial charge in [0.15, 0.2) is 5.78 Å². The minimum Gasteiger partial charge on any atom is -0.489 e. The highest BCUT2D eigenvalue weighted by atomic mass is 16.5. The van der Waals surface area contributed by atoms with Gasteiger partial charge in [-0.05, 0) is 25.5 Å². The zero-order valence-electron chi connectivity index (χ0n) is 13.0. The van der Waals surface area contributed by atoms with Gasteiger partial charge in [-0.3, -0.25) is 4.79 Å².